The van der Waals surface area contributed by atoms with Gasteiger partial charge in [0, 0.05) is 5.56 Å². The number of alkyl halides is 6. The second-order valence-electron chi connectivity index (χ2n) is 10.0. The van der Waals surface area contributed by atoms with Crippen LogP contribution in [0.3, 0.4) is 0 Å². The van der Waals surface area contributed by atoms with E-state index in [0.29, 0.717) is 12.1 Å². The molecule has 0 fully saturated rings. The molecule has 10 nitrogen and oxygen atoms in total. The number of aryl methyl sites for hydroxylation is 2. The number of carbonyl (C=O) groups excluding carboxylic acids is 1. The van der Waals surface area contributed by atoms with E-state index in [1.165, 1.54) is 27.7 Å². The van der Waals surface area contributed by atoms with Crippen LogP contribution in [0, 0.1) is 0 Å². The third-order valence-electron chi connectivity index (χ3n) is 6.33. The lowest BCUT2D eigenvalue weighted by Gasteiger charge is -2.18. The van der Waals surface area contributed by atoms with Gasteiger partial charge in [-0.15, -0.1) is 0 Å². The van der Waals surface area contributed by atoms with Gasteiger partial charge in [0.25, 0.3) is 5.91 Å². The summed E-state index contributed by atoms with van der Waals surface area (Å²) < 4.78 is 128. The Hall–Kier alpha value is -3.67. The van der Waals surface area contributed by atoms with Gasteiger partial charge in [-0.3, -0.25) is 4.79 Å². The fourth-order valence-electron chi connectivity index (χ4n) is 3.83. The zero-order chi connectivity index (χ0) is 35.5. The predicted molar refractivity (Wildman–Crippen MR) is 153 cm³/mol. The van der Waals surface area contributed by atoms with Gasteiger partial charge in [0.1, 0.15) is 0 Å². The third-order valence-corrected chi connectivity index (χ3v) is 10.7. The summed E-state index contributed by atoms with van der Waals surface area (Å²) in [5.41, 5.74) is 6.53. The van der Waals surface area contributed by atoms with Gasteiger partial charge in [-0.05, 0) is 75.9 Å². The van der Waals surface area contributed by atoms with E-state index >= 15 is 0 Å². The summed E-state index contributed by atoms with van der Waals surface area (Å²) in [6, 6.07) is 2.58. The Bertz CT molecular complexity index is 1690. The van der Waals surface area contributed by atoms with Gasteiger partial charge >= 0.3 is 18.3 Å². The van der Waals surface area contributed by atoms with Gasteiger partial charge in [-0.1, -0.05) is 13.8 Å². The number of nitrogens with two attached hydrogens (primary N) is 2. The first-order chi connectivity index (χ1) is 20.2. The van der Waals surface area contributed by atoms with Crippen LogP contribution in [0.2, 0.25) is 0 Å². The summed E-state index contributed by atoms with van der Waals surface area (Å²) >= 11 is 0. The van der Waals surface area contributed by atoms with Crippen molar-refractivity contribution in [2.45, 2.75) is 87.0 Å². The van der Waals surface area contributed by atoms with Crippen molar-refractivity contribution in [3.8, 4) is 0 Å². The first-order valence-corrected chi connectivity index (χ1v) is 16.2. The Kier molecular flexibility index (Phi) is 12.4. The molecule has 1 amide bonds. The topological polar surface area (TPSA) is 187 Å². The minimum Gasteiger partial charge on any atom is -0.478 e. The van der Waals surface area contributed by atoms with Gasteiger partial charge in [-0.25, -0.2) is 21.6 Å². The maximum absolute atomic E-state index is 13.3. The number of carboxylic acid groups (broad SMARTS) is 1. The Balaban J connectivity index is 0.000000454. The normalized spacial score (nSPS) is 12.5. The summed E-state index contributed by atoms with van der Waals surface area (Å²) in [4.78, 5) is 24.5. The number of aliphatic imine (C=N–C) groups is 1. The van der Waals surface area contributed by atoms with Crippen molar-refractivity contribution in [2.75, 3.05) is 0 Å². The molecule has 2 aromatic carbocycles. The van der Waals surface area contributed by atoms with Crippen LogP contribution in [0.5, 0.6) is 0 Å². The molecular formula is C27H33F6N3O7S2. The molecule has 0 aliphatic carbocycles. The number of nitrogens with zero attached hydrogens (tertiary/aromatic N) is 1. The second kappa shape index (κ2) is 14.2. The lowest BCUT2D eigenvalue weighted by Crippen LogP contribution is -2.25. The van der Waals surface area contributed by atoms with Crippen LogP contribution in [0.4, 0.5) is 26.3 Å². The number of carbonyl (C=O) groups is 2. The number of benzene rings is 2. The number of rotatable bonds is 8. The zero-order valence-corrected chi connectivity index (χ0v) is 26.6. The fourth-order valence-corrected chi connectivity index (χ4v) is 6.42. The highest BCUT2D eigenvalue weighted by Crippen LogP contribution is 2.39. The van der Waals surface area contributed by atoms with E-state index in [2.05, 4.69) is 4.99 Å². The van der Waals surface area contributed by atoms with E-state index in [1.807, 2.05) is 0 Å². The molecule has 0 saturated carbocycles. The minimum atomic E-state index is -4.96. The molecule has 2 rings (SSSR count). The smallest absolute Gasteiger partial charge is 0.417 e. The van der Waals surface area contributed by atoms with Crippen LogP contribution in [-0.2, 0) is 44.9 Å². The van der Waals surface area contributed by atoms with Crippen molar-refractivity contribution >= 4 is 37.5 Å². The lowest BCUT2D eigenvalue weighted by atomic mass is 10.0. The molecule has 45 heavy (non-hydrogen) atoms. The van der Waals surface area contributed by atoms with E-state index in [1.54, 1.807) is 13.8 Å². The molecule has 0 saturated heterocycles. The maximum Gasteiger partial charge on any atom is 0.417 e. The lowest BCUT2D eigenvalue weighted by molar-refractivity contribution is -0.140. The Morgan fingerprint density at radius 1 is 0.733 bits per heavy atom. The number of halogens is 6. The van der Waals surface area contributed by atoms with Crippen molar-refractivity contribution in [2.24, 2.45) is 16.5 Å². The number of hydrogen-bond acceptors (Lipinski definition) is 6. The van der Waals surface area contributed by atoms with Crippen molar-refractivity contribution in [1.29, 1.82) is 0 Å². The van der Waals surface area contributed by atoms with E-state index in [0.717, 1.165) is 12.1 Å². The number of hydrogen-bond donors (Lipinski definition) is 3. The van der Waals surface area contributed by atoms with E-state index < -0.39 is 86.8 Å². The summed E-state index contributed by atoms with van der Waals surface area (Å²) in [5.74, 6) is -3.19. The molecule has 0 radical (unpaired) electrons. The molecule has 0 atom stereocenters. The standard InChI is InChI=1S/C14H18F3N3O3S.C13H15F3O4S/c1-4-8-5-11(24(22,23)7(2)3)10(14(15,16)17)6-9(8)12(21)20-13(18)19;1-4-8-5-11(21(19,20)7(2)3)10(13(14,15)16)6-9(8)12(17)18/h5-7H,4H2,1-3H3,(H4,18,19,20,21);5-7H,4H2,1-3H3,(H,17,18). The molecule has 0 aliphatic rings. The summed E-state index contributed by atoms with van der Waals surface area (Å²) in [7, 11) is -8.38. The molecule has 0 bridgehead atoms. The van der Waals surface area contributed by atoms with Crippen LogP contribution in [-0.4, -0.2) is 50.3 Å². The first kappa shape index (κ1) is 39.4. The molecule has 5 N–H and O–H groups in total. The Morgan fingerprint density at radius 3 is 1.33 bits per heavy atom. The monoisotopic (exact) mass is 689 g/mol. The Morgan fingerprint density at radius 2 is 1.07 bits per heavy atom. The first-order valence-electron chi connectivity index (χ1n) is 13.1. The van der Waals surface area contributed by atoms with Crippen LogP contribution in [0.15, 0.2) is 39.0 Å². The highest BCUT2D eigenvalue weighted by Gasteiger charge is 2.40. The molecule has 18 heteroatoms. The predicted octanol–water partition coefficient (Wildman–Crippen LogP) is 5.01. The van der Waals surface area contributed by atoms with E-state index in [4.69, 9.17) is 16.6 Å². The van der Waals surface area contributed by atoms with Gasteiger partial charge < -0.3 is 16.6 Å². The molecule has 0 spiro atoms. The number of amides is 1. The molecular weight excluding hydrogens is 656 g/mol. The van der Waals surface area contributed by atoms with Gasteiger partial charge in [0.2, 0.25) is 0 Å². The van der Waals surface area contributed by atoms with Crippen molar-refractivity contribution < 1.29 is 57.9 Å². The number of guanidine groups is 1. The van der Waals surface area contributed by atoms with Crippen LogP contribution in [0.25, 0.3) is 0 Å². The van der Waals surface area contributed by atoms with E-state index in [-0.39, 0.29) is 29.5 Å². The molecule has 2 aromatic rings. The van der Waals surface area contributed by atoms with Crippen LogP contribution < -0.4 is 11.5 Å². The summed E-state index contributed by atoms with van der Waals surface area (Å²) in [5, 5.41) is 6.88. The molecule has 0 aliphatic heterocycles. The highest BCUT2D eigenvalue weighted by atomic mass is 32.2. The molecule has 0 unspecified atom stereocenters. The molecule has 0 aromatic heterocycles. The largest absolute Gasteiger partial charge is 0.478 e. The average molecular weight is 690 g/mol. The van der Waals surface area contributed by atoms with Gasteiger partial charge in [0.15, 0.2) is 25.6 Å². The maximum atomic E-state index is 13.3. The Labute approximate surface area is 256 Å². The van der Waals surface area contributed by atoms with Crippen molar-refractivity contribution in [3.63, 3.8) is 0 Å². The van der Waals surface area contributed by atoms with Gasteiger partial charge in [0.05, 0.1) is 37.0 Å². The summed E-state index contributed by atoms with van der Waals surface area (Å²) in [6.45, 7) is 8.21. The second-order valence-corrected chi connectivity index (χ2v) is 15.0. The van der Waals surface area contributed by atoms with Crippen molar-refractivity contribution in [3.05, 3.63) is 57.6 Å². The fraction of sp³-hybridized carbons (Fsp3) is 0.444. The zero-order valence-electron chi connectivity index (χ0n) is 25.0. The average Bonchev–Trinajstić information content (AvgIpc) is 2.89. The van der Waals surface area contributed by atoms with Crippen molar-refractivity contribution in [1.82, 2.24) is 0 Å². The number of sulfone groups is 2. The highest BCUT2D eigenvalue weighted by molar-refractivity contribution is 7.92. The minimum absolute atomic E-state index is 0.0507. The molecule has 252 valence electrons. The number of aromatic carboxylic acids is 1. The van der Waals surface area contributed by atoms with Crippen LogP contribution in [0.1, 0.15) is 84.5 Å². The van der Waals surface area contributed by atoms with Gasteiger partial charge in [-0.2, -0.15) is 31.3 Å². The molecule has 0 heterocycles. The third kappa shape index (κ3) is 9.18. The quantitative estimate of drug-likeness (QED) is 0.195. The number of carboxylic acids is 1. The van der Waals surface area contributed by atoms with Crippen LogP contribution >= 0.6 is 0 Å². The SMILES string of the molecule is CCc1cc(S(=O)(=O)C(C)C)c(C(F)(F)F)cc1C(=O)N=C(N)N.CCc1cc(S(=O)(=O)C(C)C)c(C(F)(F)F)cc1C(=O)O. The summed E-state index contributed by atoms with van der Waals surface area (Å²) in [6.07, 6.45) is -9.68. The van der Waals surface area contributed by atoms with E-state index in [9.17, 15) is 52.8 Å².